The monoisotopic (exact) mass is 323 g/mol. The predicted octanol–water partition coefficient (Wildman–Crippen LogP) is 1.28. The second kappa shape index (κ2) is 5.27. The van der Waals surface area contributed by atoms with Crippen LogP contribution in [-0.4, -0.2) is 27.0 Å². The van der Waals surface area contributed by atoms with Crippen molar-refractivity contribution in [1.29, 1.82) is 0 Å². The Balaban J connectivity index is 2.41. The molecule has 15 heavy (non-hydrogen) atoms. The van der Waals surface area contributed by atoms with E-state index in [1.165, 1.54) is 5.56 Å². The highest BCUT2D eigenvalue weighted by molar-refractivity contribution is 14.1. The van der Waals surface area contributed by atoms with E-state index in [1.54, 1.807) is 4.68 Å². The van der Waals surface area contributed by atoms with Crippen LogP contribution in [-0.2, 0) is 13.6 Å². The normalized spacial score (nSPS) is 15.3. The van der Waals surface area contributed by atoms with Gasteiger partial charge in [-0.05, 0) is 35.9 Å². The lowest BCUT2D eigenvalue weighted by Gasteiger charge is -2.21. The highest BCUT2D eigenvalue weighted by Crippen LogP contribution is 2.10. The molecule has 1 rings (SSSR count). The van der Waals surface area contributed by atoms with Gasteiger partial charge >= 0.3 is 0 Å². The number of nitrogens with one attached hydrogen (secondary N) is 1. The van der Waals surface area contributed by atoms with Crippen molar-refractivity contribution in [3.8, 4) is 0 Å². The number of hydrogen-bond acceptors (Lipinski definition) is 3. The molecule has 4 nitrogen and oxygen atoms in total. The van der Waals surface area contributed by atoms with Gasteiger partial charge in [-0.3, -0.25) is 4.68 Å². The highest BCUT2D eigenvalue weighted by atomic mass is 127. The Labute approximate surface area is 104 Å². The van der Waals surface area contributed by atoms with Crippen molar-refractivity contribution in [1.82, 2.24) is 15.1 Å². The number of aromatic nitrogens is 2. The fraction of sp³-hybridized carbons (Fsp3) is 0.700. The van der Waals surface area contributed by atoms with Crippen molar-refractivity contribution >= 4 is 22.6 Å². The van der Waals surface area contributed by atoms with Gasteiger partial charge in [-0.15, -0.1) is 0 Å². The molecule has 0 bridgehead atoms. The molecule has 1 aromatic rings. The van der Waals surface area contributed by atoms with Crippen LogP contribution in [0.1, 0.15) is 25.8 Å². The quantitative estimate of drug-likeness (QED) is 0.803. The van der Waals surface area contributed by atoms with E-state index in [0.29, 0.717) is 6.54 Å². The molecule has 0 saturated carbocycles. The molecular weight excluding hydrogens is 305 g/mol. The minimum atomic E-state index is -0.617. The second-order valence-electron chi connectivity index (χ2n) is 4.07. The number of rotatable bonds is 5. The van der Waals surface area contributed by atoms with Crippen LogP contribution in [0.2, 0.25) is 0 Å². The summed E-state index contributed by atoms with van der Waals surface area (Å²) in [7, 11) is 1.91. The van der Waals surface area contributed by atoms with Crippen LogP contribution in [0.4, 0.5) is 0 Å². The molecule has 2 N–H and O–H groups in total. The third-order valence-corrected chi connectivity index (χ3v) is 3.34. The molecule has 0 aliphatic heterocycles. The van der Waals surface area contributed by atoms with E-state index in [-0.39, 0.29) is 0 Å². The van der Waals surface area contributed by atoms with Crippen LogP contribution >= 0.6 is 22.6 Å². The summed E-state index contributed by atoms with van der Waals surface area (Å²) in [5, 5.41) is 17.3. The van der Waals surface area contributed by atoms with Gasteiger partial charge in [0.2, 0.25) is 0 Å². The molecule has 1 atom stereocenters. The van der Waals surface area contributed by atoms with E-state index in [4.69, 9.17) is 0 Å². The van der Waals surface area contributed by atoms with Gasteiger partial charge in [0, 0.05) is 31.9 Å². The van der Waals surface area contributed by atoms with Crippen LogP contribution in [0.25, 0.3) is 0 Å². The third-order valence-electron chi connectivity index (χ3n) is 2.44. The van der Waals surface area contributed by atoms with Crippen LogP contribution in [0, 0.1) is 3.70 Å². The molecule has 1 aromatic heterocycles. The molecule has 0 spiro atoms. The van der Waals surface area contributed by atoms with Crippen molar-refractivity contribution in [2.24, 2.45) is 7.05 Å². The molecule has 0 amide bonds. The van der Waals surface area contributed by atoms with Crippen LogP contribution < -0.4 is 5.32 Å². The molecule has 1 unspecified atom stereocenters. The van der Waals surface area contributed by atoms with E-state index in [0.717, 1.165) is 16.7 Å². The Morgan fingerprint density at radius 2 is 2.33 bits per heavy atom. The minimum absolute atomic E-state index is 0.606. The molecule has 0 aliphatic rings. The first-order chi connectivity index (χ1) is 6.94. The maximum Gasteiger partial charge on any atom is 0.127 e. The van der Waals surface area contributed by atoms with E-state index >= 15 is 0 Å². The summed E-state index contributed by atoms with van der Waals surface area (Å²) in [6.45, 7) is 5.18. The number of aliphatic hydroxyl groups is 1. The molecule has 0 aliphatic carbocycles. The number of hydrogen-bond donors (Lipinski definition) is 2. The lowest BCUT2D eigenvalue weighted by atomic mass is 10.0. The van der Waals surface area contributed by atoms with Crippen molar-refractivity contribution in [3.63, 3.8) is 0 Å². The molecule has 5 heteroatoms. The van der Waals surface area contributed by atoms with Gasteiger partial charge in [0.1, 0.15) is 3.70 Å². The molecule has 1 heterocycles. The summed E-state index contributed by atoms with van der Waals surface area (Å²) >= 11 is 2.22. The molecule has 0 radical (unpaired) electrons. The van der Waals surface area contributed by atoms with Gasteiger partial charge in [0.05, 0.1) is 5.60 Å². The molecule has 0 saturated heterocycles. The fourth-order valence-corrected chi connectivity index (χ4v) is 1.89. The summed E-state index contributed by atoms with van der Waals surface area (Å²) in [6.07, 6.45) is 2.75. The van der Waals surface area contributed by atoms with Crippen molar-refractivity contribution in [2.45, 2.75) is 32.4 Å². The van der Waals surface area contributed by atoms with Gasteiger partial charge in [0.15, 0.2) is 0 Å². The third kappa shape index (κ3) is 4.08. The summed E-state index contributed by atoms with van der Waals surface area (Å²) in [6, 6.07) is 0. The number of halogens is 1. The first-order valence-corrected chi connectivity index (χ1v) is 6.13. The first kappa shape index (κ1) is 12.9. The lowest BCUT2D eigenvalue weighted by Crippen LogP contribution is -2.36. The van der Waals surface area contributed by atoms with E-state index in [9.17, 15) is 5.11 Å². The Bertz CT molecular complexity index is 322. The summed E-state index contributed by atoms with van der Waals surface area (Å²) in [5.41, 5.74) is 0.554. The molecule has 86 valence electrons. The second-order valence-corrected chi connectivity index (χ2v) is 5.09. The van der Waals surface area contributed by atoms with Crippen LogP contribution in [0.3, 0.4) is 0 Å². The minimum Gasteiger partial charge on any atom is -0.389 e. The SMILES string of the molecule is CCC(C)(O)CNCc1cn(C)nc1I. The zero-order valence-corrected chi connectivity index (χ0v) is 11.6. The standard InChI is InChI=1S/C10H18IN3O/c1-4-10(2,15)7-12-5-8-6-14(3)13-9(8)11/h6,12,15H,4-5,7H2,1-3H3. The van der Waals surface area contributed by atoms with E-state index in [2.05, 4.69) is 33.0 Å². The first-order valence-electron chi connectivity index (χ1n) is 5.06. The highest BCUT2D eigenvalue weighted by Gasteiger charge is 2.16. The van der Waals surface area contributed by atoms with Gasteiger partial charge in [0.25, 0.3) is 0 Å². The predicted molar refractivity (Wildman–Crippen MR) is 68.5 cm³/mol. The van der Waals surface area contributed by atoms with E-state index in [1.807, 2.05) is 27.1 Å². The largest absolute Gasteiger partial charge is 0.389 e. The van der Waals surface area contributed by atoms with Crippen LogP contribution in [0.5, 0.6) is 0 Å². The maximum absolute atomic E-state index is 9.79. The molecular formula is C10H18IN3O. The average molecular weight is 323 g/mol. The Hall–Kier alpha value is -0.140. The molecule has 0 aromatic carbocycles. The Morgan fingerprint density at radius 1 is 1.67 bits per heavy atom. The Kier molecular flexibility index (Phi) is 4.54. The smallest absolute Gasteiger partial charge is 0.127 e. The number of aryl methyl sites for hydroxylation is 1. The summed E-state index contributed by atoms with van der Waals surface area (Å²) in [4.78, 5) is 0. The molecule has 0 fully saturated rings. The fourth-order valence-electron chi connectivity index (χ4n) is 1.22. The van der Waals surface area contributed by atoms with Crippen molar-refractivity contribution in [2.75, 3.05) is 6.54 Å². The zero-order chi connectivity index (χ0) is 11.5. The summed E-state index contributed by atoms with van der Waals surface area (Å²) < 4.78 is 2.82. The van der Waals surface area contributed by atoms with Gasteiger partial charge in [-0.1, -0.05) is 6.92 Å². The maximum atomic E-state index is 9.79. The zero-order valence-electron chi connectivity index (χ0n) is 9.42. The van der Waals surface area contributed by atoms with Crippen molar-refractivity contribution in [3.05, 3.63) is 15.5 Å². The van der Waals surface area contributed by atoms with Gasteiger partial charge in [-0.25, -0.2) is 0 Å². The van der Waals surface area contributed by atoms with E-state index < -0.39 is 5.60 Å². The lowest BCUT2D eigenvalue weighted by molar-refractivity contribution is 0.0555. The topological polar surface area (TPSA) is 50.1 Å². The summed E-state index contributed by atoms with van der Waals surface area (Å²) in [5.74, 6) is 0. The number of nitrogens with zero attached hydrogens (tertiary/aromatic N) is 2. The van der Waals surface area contributed by atoms with Gasteiger partial charge < -0.3 is 10.4 Å². The Morgan fingerprint density at radius 3 is 2.80 bits per heavy atom. The van der Waals surface area contributed by atoms with Crippen molar-refractivity contribution < 1.29 is 5.11 Å². The van der Waals surface area contributed by atoms with Crippen LogP contribution in [0.15, 0.2) is 6.20 Å². The average Bonchev–Trinajstić information content (AvgIpc) is 2.45. The van der Waals surface area contributed by atoms with Gasteiger partial charge in [-0.2, -0.15) is 5.10 Å².